The molecule has 0 aromatic heterocycles. The molecular formula is C30H23N9Na2O8S2. The van der Waals surface area contributed by atoms with Gasteiger partial charge >= 0.3 is 59.1 Å². The number of nitrogens with two attached hydrogens (primary N) is 2. The monoisotopic (exact) mass is 747 g/mol. The Balaban J connectivity index is 0.00000351. The summed E-state index contributed by atoms with van der Waals surface area (Å²) in [5.41, 5.74) is 14.1. The van der Waals surface area contributed by atoms with Crippen LogP contribution in [0.1, 0.15) is 11.1 Å². The second-order valence-electron chi connectivity index (χ2n) is 10.5. The minimum atomic E-state index is -5.08. The quantitative estimate of drug-likeness (QED) is 0.0548. The molecule has 0 atom stereocenters. The molecule has 21 heteroatoms. The Hall–Kier alpha value is -4.02. The molecule has 0 unspecified atom stereocenters. The van der Waals surface area contributed by atoms with E-state index in [-0.39, 0.29) is 98.3 Å². The number of nitro groups is 1. The Labute approximate surface area is 335 Å². The smallest absolute Gasteiger partial charge is 0.744 e. The molecule has 0 saturated heterocycles. The minimum absolute atomic E-state index is 0. The van der Waals surface area contributed by atoms with E-state index in [1.807, 2.05) is 0 Å². The molecule has 4 N–H and O–H groups in total. The Kier molecular flexibility index (Phi) is 13.4. The van der Waals surface area contributed by atoms with Crippen molar-refractivity contribution in [1.82, 2.24) is 0 Å². The number of hydrogen-bond acceptors (Lipinski definition) is 16. The van der Waals surface area contributed by atoms with E-state index in [9.17, 15) is 36.1 Å². The number of nitrogens with zero attached hydrogens (tertiary/aromatic N) is 7. The van der Waals surface area contributed by atoms with Crippen molar-refractivity contribution < 1.29 is 90.0 Å². The number of benzene rings is 5. The molecule has 5 aromatic rings. The molecule has 51 heavy (non-hydrogen) atoms. The first-order valence-corrected chi connectivity index (χ1v) is 16.6. The molecule has 17 nitrogen and oxygen atoms in total. The van der Waals surface area contributed by atoms with Crippen LogP contribution in [0.3, 0.4) is 0 Å². The van der Waals surface area contributed by atoms with Gasteiger partial charge in [0.2, 0.25) is 0 Å². The zero-order chi connectivity index (χ0) is 35.7. The van der Waals surface area contributed by atoms with Crippen molar-refractivity contribution >= 4 is 82.2 Å². The fourth-order valence-electron chi connectivity index (χ4n) is 4.61. The van der Waals surface area contributed by atoms with Gasteiger partial charge in [-0.15, -0.1) is 5.11 Å². The first kappa shape index (κ1) is 41.4. The number of anilines is 2. The summed E-state index contributed by atoms with van der Waals surface area (Å²) in [6.45, 7) is 3.47. The second-order valence-corrected chi connectivity index (χ2v) is 13.2. The van der Waals surface area contributed by atoms with Crippen molar-refractivity contribution in [1.29, 1.82) is 0 Å². The van der Waals surface area contributed by atoms with Crippen LogP contribution in [0.25, 0.3) is 10.8 Å². The zero-order valence-corrected chi connectivity index (χ0v) is 33.0. The molecule has 0 aliphatic carbocycles. The van der Waals surface area contributed by atoms with Gasteiger partial charge in [0.25, 0.3) is 5.69 Å². The van der Waals surface area contributed by atoms with E-state index >= 15 is 0 Å². The van der Waals surface area contributed by atoms with Gasteiger partial charge in [0.15, 0.2) is 0 Å². The summed E-state index contributed by atoms with van der Waals surface area (Å²) in [5, 5.41) is 35.4. The van der Waals surface area contributed by atoms with Gasteiger partial charge in [-0.05, 0) is 85.6 Å². The maximum Gasteiger partial charge on any atom is 1.00 e. The third-order valence-electron chi connectivity index (χ3n) is 6.99. The van der Waals surface area contributed by atoms with Gasteiger partial charge in [0, 0.05) is 16.8 Å². The molecule has 0 bridgehead atoms. The molecular weight excluding hydrogens is 724 g/mol. The maximum absolute atomic E-state index is 11.9. The number of aryl methyl sites for hydroxylation is 2. The minimum Gasteiger partial charge on any atom is -0.744 e. The maximum atomic E-state index is 11.9. The van der Waals surface area contributed by atoms with Crippen LogP contribution in [0, 0.1) is 24.0 Å². The molecule has 0 spiro atoms. The van der Waals surface area contributed by atoms with Gasteiger partial charge in [-0.25, -0.2) is 16.8 Å². The van der Waals surface area contributed by atoms with Crippen LogP contribution in [-0.4, -0.2) is 30.9 Å². The van der Waals surface area contributed by atoms with Crippen LogP contribution in [-0.2, 0) is 20.2 Å². The van der Waals surface area contributed by atoms with Crippen molar-refractivity contribution in [3.8, 4) is 0 Å². The first-order chi connectivity index (χ1) is 23.0. The van der Waals surface area contributed by atoms with Crippen molar-refractivity contribution in [2.24, 2.45) is 30.7 Å². The predicted molar refractivity (Wildman–Crippen MR) is 177 cm³/mol. The van der Waals surface area contributed by atoms with Crippen molar-refractivity contribution in [3.63, 3.8) is 0 Å². The number of hydrogen-bond donors (Lipinski definition) is 2. The predicted octanol–water partition coefficient (Wildman–Crippen LogP) is 1.59. The number of nitrogen functional groups attached to an aromatic ring is 2. The van der Waals surface area contributed by atoms with Crippen LogP contribution in [0.5, 0.6) is 0 Å². The molecule has 0 heterocycles. The van der Waals surface area contributed by atoms with Crippen LogP contribution in [0.15, 0.2) is 119 Å². The summed E-state index contributed by atoms with van der Waals surface area (Å²) in [4.78, 5) is 9.08. The van der Waals surface area contributed by atoms with E-state index in [2.05, 4.69) is 30.7 Å². The van der Waals surface area contributed by atoms with Crippen LogP contribution >= 0.6 is 0 Å². The van der Waals surface area contributed by atoms with Gasteiger partial charge in [-0.3, -0.25) is 10.1 Å². The summed E-state index contributed by atoms with van der Waals surface area (Å²) in [7, 11) is -10.1. The van der Waals surface area contributed by atoms with Gasteiger partial charge in [-0.2, -0.15) is 25.6 Å². The van der Waals surface area contributed by atoms with E-state index in [1.54, 1.807) is 50.2 Å². The molecule has 0 radical (unpaired) electrons. The summed E-state index contributed by atoms with van der Waals surface area (Å²) in [5.74, 6) is 0. The molecule has 5 aromatic carbocycles. The van der Waals surface area contributed by atoms with Crippen molar-refractivity contribution in [2.45, 2.75) is 23.6 Å². The zero-order valence-electron chi connectivity index (χ0n) is 27.4. The average Bonchev–Trinajstić information content (AvgIpc) is 3.01. The van der Waals surface area contributed by atoms with E-state index in [0.29, 0.717) is 33.9 Å². The molecule has 5 rings (SSSR count). The fraction of sp³-hybridized carbons (Fsp3) is 0.0667. The molecule has 0 fully saturated rings. The van der Waals surface area contributed by atoms with E-state index in [4.69, 9.17) is 11.5 Å². The fourth-order valence-corrected chi connectivity index (χ4v) is 6.01. The third kappa shape index (κ3) is 9.86. The van der Waals surface area contributed by atoms with Crippen LogP contribution in [0.2, 0.25) is 0 Å². The van der Waals surface area contributed by atoms with Gasteiger partial charge in [-0.1, -0.05) is 12.1 Å². The largest absolute Gasteiger partial charge is 1.00 e. The van der Waals surface area contributed by atoms with Gasteiger partial charge in [0.1, 0.15) is 31.6 Å². The van der Waals surface area contributed by atoms with E-state index < -0.39 is 35.0 Å². The SMILES string of the molecule is Cc1cc(N=Nc2ccc(N=Nc3cc([N+](=O)[O-])c(N)cc3N)c(C)c2)ccc1N=Nc1cc(S(=O)(=O)[O-])c2cccc(S(=O)(=O)[O-])c2c1.[Na+].[Na+]. The Morgan fingerprint density at radius 1 is 0.569 bits per heavy atom. The van der Waals surface area contributed by atoms with Gasteiger partial charge in [0.05, 0.1) is 48.8 Å². The Morgan fingerprint density at radius 3 is 1.59 bits per heavy atom. The van der Waals surface area contributed by atoms with Crippen LogP contribution < -0.4 is 70.6 Å². The first-order valence-electron chi connectivity index (χ1n) is 13.8. The standard InChI is InChI=1S/C30H25N9O8S2.2Na/c1-16-10-18(33-34-19-7-9-26(17(2)11-19)37-38-27-15-28(39(40)41)24(32)14-23(27)31)6-8-25(16)36-35-20-12-22-21(30(13-20)49(45,46)47)4-3-5-29(22)48(42,43)44;;/h3-15H,31-32H2,1-2H3,(H,42,43,44)(H,45,46,47);;/q;2*+1/p-2. The van der Waals surface area contributed by atoms with Crippen molar-refractivity contribution in [3.05, 3.63) is 100 Å². The molecule has 250 valence electrons. The third-order valence-corrected chi connectivity index (χ3v) is 8.77. The molecule has 0 aliphatic rings. The van der Waals surface area contributed by atoms with E-state index in [0.717, 1.165) is 30.3 Å². The Bertz CT molecular complexity index is 2500. The van der Waals surface area contributed by atoms with Gasteiger partial charge < -0.3 is 20.6 Å². The Morgan fingerprint density at radius 2 is 1.08 bits per heavy atom. The van der Waals surface area contributed by atoms with Crippen molar-refractivity contribution in [2.75, 3.05) is 11.5 Å². The second kappa shape index (κ2) is 16.5. The normalized spacial score (nSPS) is 12.0. The van der Waals surface area contributed by atoms with Crippen LogP contribution in [0.4, 0.5) is 51.2 Å². The summed E-state index contributed by atoms with van der Waals surface area (Å²) < 4.78 is 71.2. The number of nitro benzene ring substituents is 1. The average molecular weight is 748 g/mol. The molecule has 0 aliphatic heterocycles. The topological polar surface area (TPSA) is 284 Å². The number of azo groups is 3. The van der Waals surface area contributed by atoms with E-state index in [1.165, 1.54) is 12.1 Å². The molecule has 0 amide bonds. The summed E-state index contributed by atoms with van der Waals surface area (Å²) in [6, 6.07) is 17.6. The number of rotatable bonds is 9. The number of fused-ring (bicyclic) bond motifs is 1. The molecule has 0 saturated carbocycles. The summed E-state index contributed by atoms with van der Waals surface area (Å²) >= 11 is 0. The summed E-state index contributed by atoms with van der Waals surface area (Å²) in [6.07, 6.45) is 0.